The summed E-state index contributed by atoms with van der Waals surface area (Å²) in [4.78, 5) is 24.6. The van der Waals surface area contributed by atoms with Crippen LogP contribution in [0, 0.1) is 0 Å². The molecule has 5 nitrogen and oxygen atoms in total. The zero-order chi connectivity index (χ0) is 23.0. The third-order valence-corrected chi connectivity index (χ3v) is 5.76. The number of benzene rings is 3. The van der Waals surface area contributed by atoms with E-state index >= 15 is 0 Å². The maximum Gasteiger partial charge on any atom is 0.221 e. The second-order valence-corrected chi connectivity index (χ2v) is 8.29. The van der Waals surface area contributed by atoms with Gasteiger partial charge in [-0.15, -0.1) is 0 Å². The molecule has 1 amide bonds. The second kappa shape index (κ2) is 10.7. The number of para-hydroxylation sites is 1. The van der Waals surface area contributed by atoms with E-state index in [4.69, 9.17) is 9.97 Å². The van der Waals surface area contributed by atoms with Gasteiger partial charge in [-0.05, 0) is 31.0 Å². The van der Waals surface area contributed by atoms with Crippen molar-refractivity contribution in [3.63, 3.8) is 0 Å². The fourth-order valence-corrected chi connectivity index (χ4v) is 3.77. The molecule has 0 aliphatic carbocycles. The van der Waals surface area contributed by atoms with Crippen LogP contribution in [0.25, 0.3) is 22.3 Å². The van der Waals surface area contributed by atoms with Crippen molar-refractivity contribution in [2.24, 2.45) is 0 Å². The Morgan fingerprint density at radius 3 is 2.30 bits per heavy atom. The Morgan fingerprint density at radius 2 is 1.58 bits per heavy atom. The fourth-order valence-electron chi connectivity index (χ4n) is 3.77. The highest BCUT2D eigenvalue weighted by molar-refractivity contribution is 5.91. The van der Waals surface area contributed by atoms with Crippen molar-refractivity contribution in [3.8, 4) is 11.4 Å². The standard InChI is InChI=1S/C28H30N4O/c1-3-21(2)29-26(33)18-19-32(20-22-12-6-4-7-13-22)28-24-16-10-11-17-25(24)30-27(31-28)23-14-8-5-9-15-23/h4-17,21H,3,18-20H2,1-2H3,(H,29,33). The summed E-state index contributed by atoms with van der Waals surface area (Å²) in [7, 11) is 0. The number of carbonyl (C=O) groups excluding carboxylic acids is 1. The number of nitrogens with one attached hydrogen (secondary N) is 1. The zero-order valence-corrected chi connectivity index (χ0v) is 19.2. The van der Waals surface area contributed by atoms with Gasteiger partial charge in [0.15, 0.2) is 5.82 Å². The van der Waals surface area contributed by atoms with Crippen molar-refractivity contribution < 1.29 is 4.79 Å². The third kappa shape index (κ3) is 5.75. The van der Waals surface area contributed by atoms with Gasteiger partial charge in [-0.1, -0.05) is 79.7 Å². The summed E-state index contributed by atoms with van der Waals surface area (Å²) in [6.07, 6.45) is 1.31. The van der Waals surface area contributed by atoms with Crippen LogP contribution in [0.4, 0.5) is 5.82 Å². The largest absolute Gasteiger partial charge is 0.354 e. The van der Waals surface area contributed by atoms with Gasteiger partial charge in [0.25, 0.3) is 0 Å². The molecule has 3 aromatic carbocycles. The molecule has 0 bridgehead atoms. The van der Waals surface area contributed by atoms with Crippen LogP contribution in [0.3, 0.4) is 0 Å². The van der Waals surface area contributed by atoms with Gasteiger partial charge in [0.1, 0.15) is 5.82 Å². The lowest BCUT2D eigenvalue weighted by Crippen LogP contribution is -2.35. The van der Waals surface area contributed by atoms with Gasteiger partial charge >= 0.3 is 0 Å². The van der Waals surface area contributed by atoms with Crippen molar-refractivity contribution >= 4 is 22.6 Å². The molecule has 0 spiro atoms. The van der Waals surface area contributed by atoms with Gasteiger partial charge in [-0.25, -0.2) is 9.97 Å². The highest BCUT2D eigenvalue weighted by Crippen LogP contribution is 2.28. The number of amides is 1. The molecule has 0 aliphatic rings. The van der Waals surface area contributed by atoms with E-state index in [1.165, 1.54) is 5.56 Å². The van der Waals surface area contributed by atoms with Crippen molar-refractivity contribution in [1.82, 2.24) is 15.3 Å². The first-order valence-electron chi connectivity index (χ1n) is 11.5. The smallest absolute Gasteiger partial charge is 0.221 e. The van der Waals surface area contributed by atoms with Gasteiger partial charge in [0.05, 0.1) is 5.52 Å². The lowest BCUT2D eigenvalue weighted by atomic mass is 10.1. The first-order valence-corrected chi connectivity index (χ1v) is 11.5. The molecule has 1 atom stereocenters. The number of nitrogens with zero attached hydrogens (tertiary/aromatic N) is 3. The number of fused-ring (bicyclic) bond motifs is 1. The minimum Gasteiger partial charge on any atom is -0.354 e. The molecule has 5 heteroatoms. The summed E-state index contributed by atoms with van der Waals surface area (Å²) in [6.45, 7) is 5.33. The van der Waals surface area contributed by atoms with E-state index in [0.29, 0.717) is 25.3 Å². The van der Waals surface area contributed by atoms with Crippen LogP contribution in [0.2, 0.25) is 0 Å². The monoisotopic (exact) mass is 438 g/mol. The normalized spacial score (nSPS) is 11.8. The SMILES string of the molecule is CCC(C)NC(=O)CCN(Cc1ccccc1)c1nc(-c2ccccc2)nc2ccccc12. The maximum atomic E-state index is 12.6. The molecule has 168 valence electrons. The molecule has 0 fully saturated rings. The summed E-state index contributed by atoms with van der Waals surface area (Å²) in [6, 6.07) is 28.6. The predicted molar refractivity (Wildman–Crippen MR) is 135 cm³/mol. The molecule has 4 aromatic rings. The zero-order valence-electron chi connectivity index (χ0n) is 19.2. The molecule has 1 N–H and O–H groups in total. The topological polar surface area (TPSA) is 58.1 Å². The Hall–Kier alpha value is -3.73. The molecular weight excluding hydrogens is 408 g/mol. The molecule has 4 rings (SSSR count). The van der Waals surface area contributed by atoms with Gasteiger partial charge in [0, 0.05) is 36.5 Å². The lowest BCUT2D eigenvalue weighted by Gasteiger charge is -2.26. The summed E-state index contributed by atoms with van der Waals surface area (Å²) < 4.78 is 0. The molecular formula is C28H30N4O. The Morgan fingerprint density at radius 1 is 0.909 bits per heavy atom. The Kier molecular flexibility index (Phi) is 7.30. The van der Waals surface area contributed by atoms with Crippen molar-refractivity contribution in [3.05, 3.63) is 90.5 Å². The Bertz CT molecular complexity index is 1190. The van der Waals surface area contributed by atoms with E-state index in [1.54, 1.807) is 0 Å². The summed E-state index contributed by atoms with van der Waals surface area (Å²) in [5.41, 5.74) is 3.03. The first-order chi connectivity index (χ1) is 16.1. The number of hydrogen-bond acceptors (Lipinski definition) is 4. The van der Waals surface area contributed by atoms with E-state index < -0.39 is 0 Å². The predicted octanol–water partition coefficient (Wildman–Crippen LogP) is 5.61. The van der Waals surface area contributed by atoms with Gasteiger partial charge in [-0.2, -0.15) is 0 Å². The lowest BCUT2D eigenvalue weighted by molar-refractivity contribution is -0.121. The van der Waals surface area contributed by atoms with Crippen LogP contribution in [0.15, 0.2) is 84.9 Å². The molecule has 0 radical (unpaired) electrons. The molecule has 1 heterocycles. The van der Waals surface area contributed by atoms with Crippen LogP contribution in [0.1, 0.15) is 32.3 Å². The number of carbonyl (C=O) groups is 1. The van der Waals surface area contributed by atoms with Crippen LogP contribution in [0.5, 0.6) is 0 Å². The van der Waals surface area contributed by atoms with Crippen LogP contribution in [-0.2, 0) is 11.3 Å². The quantitative estimate of drug-likeness (QED) is 0.369. The molecule has 1 aromatic heterocycles. The second-order valence-electron chi connectivity index (χ2n) is 8.29. The molecule has 0 saturated carbocycles. The average Bonchev–Trinajstić information content (AvgIpc) is 2.87. The van der Waals surface area contributed by atoms with Crippen LogP contribution < -0.4 is 10.2 Å². The van der Waals surface area contributed by atoms with E-state index in [1.807, 2.05) is 73.7 Å². The van der Waals surface area contributed by atoms with Crippen molar-refractivity contribution in [2.75, 3.05) is 11.4 Å². The van der Waals surface area contributed by atoms with Crippen molar-refractivity contribution in [2.45, 2.75) is 39.3 Å². The first kappa shape index (κ1) is 22.5. The molecule has 0 saturated heterocycles. The fraction of sp³-hybridized carbons (Fsp3) is 0.250. The number of anilines is 1. The Balaban J connectivity index is 1.73. The maximum absolute atomic E-state index is 12.6. The molecule has 1 unspecified atom stereocenters. The summed E-state index contributed by atoms with van der Waals surface area (Å²) in [5.74, 6) is 1.59. The average molecular weight is 439 g/mol. The Labute approximate surface area is 195 Å². The van der Waals surface area contributed by atoms with Gasteiger partial charge in [-0.3, -0.25) is 4.79 Å². The minimum absolute atomic E-state index is 0.0593. The summed E-state index contributed by atoms with van der Waals surface area (Å²) in [5, 5.41) is 4.06. The minimum atomic E-state index is 0.0593. The number of aromatic nitrogens is 2. The van der Waals surface area contributed by atoms with Crippen LogP contribution in [-0.4, -0.2) is 28.5 Å². The third-order valence-electron chi connectivity index (χ3n) is 5.76. The number of hydrogen-bond donors (Lipinski definition) is 1. The molecule has 33 heavy (non-hydrogen) atoms. The van der Waals surface area contributed by atoms with Gasteiger partial charge < -0.3 is 10.2 Å². The van der Waals surface area contributed by atoms with E-state index in [-0.39, 0.29) is 11.9 Å². The summed E-state index contributed by atoms with van der Waals surface area (Å²) >= 11 is 0. The van der Waals surface area contributed by atoms with Crippen LogP contribution >= 0.6 is 0 Å². The van der Waals surface area contributed by atoms with E-state index in [9.17, 15) is 4.79 Å². The highest BCUT2D eigenvalue weighted by Gasteiger charge is 2.17. The number of rotatable bonds is 9. The molecule has 0 aliphatic heterocycles. The van der Waals surface area contributed by atoms with E-state index in [0.717, 1.165) is 28.7 Å². The highest BCUT2D eigenvalue weighted by atomic mass is 16.1. The van der Waals surface area contributed by atoms with Crippen molar-refractivity contribution in [1.29, 1.82) is 0 Å². The van der Waals surface area contributed by atoms with E-state index in [2.05, 4.69) is 35.3 Å². The van der Waals surface area contributed by atoms with Gasteiger partial charge in [0.2, 0.25) is 5.91 Å².